The van der Waals surface area contributed by atoms with Crippen LogP contribution in [0.1, 0.15) is 46.5 Å². The molecule has 0 amide bonds. The zero-order chi connectivity index (χ0) is 11.1. The Bertz CT molecular complexity index is 161. The molecule has 1 fully saturated rings. The van der Waals surface area contributed by atoms with Crippen LogP contribution in [0.4, 0.5) is 0 Å². The van der Waals surface area contributed by atoms with Crippen molar-refractivity contribution in [3.8, 4) is 0 Å². The van der Waals surface area contributed by atoms with Crippen molar-refractivity contribution in [3.05, 3.63) is 0 Å². The second-order valence-electron chi connectivity index (χ2n) is 4.97. The van der Waals surface area contributed by atoms with Crippen LogP contribution in [0.25, 0.3) is 0 Å². The van der Waals surface area contributed by atoms with Crippen molar-refractivity contribution in [1.82, 2.24) is 5.32 Å². The van der Waals surface area contributed by atoms with Gasteiger partial charge in [-0.2, -0.15) is 0 Å². The Balaban J connectivity index is 2.02. The summed E-state index contributed by atoms with van der Waals surface area (Å²) >= 11 is 0. The Morgan fingerprint density at radius 3 is 2.67 bits per heavy atom. The summed E-state index contributed by atoms with van der Waals surface area (Å²) in [6.45, 7) is 9.69. The molecule has 3 atom stereocenters. The molecule has 1 saturated carbocycles. The molecule has 0 spiro atoms. The lowest BCUT2D eigenvalue weighted by Gasteiger charge is -2.32. The van der Waals surface area contributed by atoms with Crippen LogP contribution >= 0.6 is 0 Å². The molecule has 2 nitrogen and oxygen atoms in total. The Morgan fingerprint density at radius 2 is 2.00 bits per heavy atom. The van der Waals surface area contributed by atoms with Crippen LogP contribution in [0.3, 0.4) is 0 Å². The normalized spacial score (nSPS) is 31.8. The molecule has 90 valence electrons. The van der Waals surface area contributed by atoms with E-state index in [2.05, 4.69) is 26.1 Å². The third-order valence-electron chi connectivity index (χ3n) is 3.70. The SMILES string of the molecule is CCOCCCN[C@@H]1CC[C@@H](C)[C@H](C)C1. The lowest BCUT2D eigenvalue weighted by Crippen LogP contribution is -2.36. The Morgan fingerprint density at radius 1 is 1.20 bits per heavy atom. The molecule has 0 bridgehead atoms. The standard InChI is InChI=1S/C13H27NO/c1-4-15-9-5-8-14-13-7-6-11(2)12(3)10-13/h11-14H,4-10H2,1-3H3/t11-,12-,13-/m1/s1. The minimum absolute atomic E-state index is 0.762. The van der Waals surface area contributed by atoms with E-state index in [9.17, 15) is 0 Å². The molecule has 15 heavy (non-hydrogen) atoms. The number of hydrogen-bond donors (Lipinski definition) is 1. The summed E-state index contributed by atoms with van der Waals surface area (Å²) in [4.78, 5) is 0. The van der Waals surface area contributed by atoms with E-state index < -0.39 is 0 Å². The highest BCUT2D eigenvalue weighted by Crippen LogP contribution is 2.29. The summed E-state index contributed by atoms with van der Waals surface area (Å²) < 4.78 is 5.32. The molecular weight excluding hydrogens is 186 g/mol. The van der Waals surface area contributed by atoms with E-state index in [0.717, 1.165) is 44.1 Å². The number of nitrogens with one attached hydrogen (secondary N) is 1. The van der Waals surface area contributed by atoms with Gasteiger partial charge in [-0.05, 0) is 51.0 Å². The first-order valence-corrected chi connectivity index (χ1v) is 6.55. The monoisotopic (exact) mass is 213 g/mol. The van der Waals surface area contributed by atoms with Gasteiger partial charge in [-0.25, -0.2) is 0 Å². The van der Waals surface area contributed by atoms with E-state index in [1.54, 1.807) is 0 Å². The van der Waals surface area contributed by atoms with Crippen molar-refractivity contribution in [2.45, 2.75) is 52.5 Å². The molecule has 0 unspecified atom stereocenters. The van der Waals surface area contributed by atoms with Crippen LogP contribution in [-0.2, 0) is 4.74 Å². The maximum atomic E-state index is 5.32. The van der Waals surface area contributed by atoms with Crippen molar-refractivity contribution < 1.29 is 4.74 Å². The fourth-order valence-electron chi connectivity index (χ4n) is 2.36. The number of hydrogen-bond acceptors (Lipinski definition) is 2. The molecule has 1 aliphatic rings. The fourth-order valence-corrected chi connectivity index (χ4v) is 2.36. The van der Waals surface area contributed by atoms with Crippen molar-refractivity contribution >= 4 is 0 Å². The molecule has 1 aliphatic carbocycles. The second-order valence-corrected chi connectivity index (χ2v) is 4.97. The molecule has 0 radical (unpaired) electrons. The molecule has 1 N–H and O–H groups in total. The zero-order valence-electron chi connectivity index (χ0n) is 10.6. The van der Waals surface area contributed by atoms with Gasteiger partial charge in [0.15, 0.2) is 0 Å². The van der Waals surface area contributed by atoms with Gasteiger partial charge in [0.2, 0.25) is 0 Å². The van der Waals surface area contributed by atoms with E-state index in [-0.39, 0.29) is 0 Å². The van der Waals surface area contributed by atoms with Crippen LogP contribution in [0.5, 0.6) is 0 Å². The van der Waals surface area contributed by atoms with Gasteiger partial charge in [-0.1, -0.05) is 13.8 Å². The van der Waals surface area contributed by atoms with E-state index in [1.165, 1.54) is 19.3 Å². The smallest absolute Gasteiger partial charge is 0.0477 e. The average Bonchev–Trinajstić information content (AvgIpc) is 2.23. The van der Waals surface area contributed by atoms with Crippen molar-refractivity contribution in [3.63, 3.8) is 0 Å². The predicted octanol–water partition coefficient (Wildman–Crippen LogP) is 2.83. The third kappa shape index (κ3) is 4.98. The molecule has 0 heterocycles. The minimum atomic E-state index is 0.762. The molecule has 2 heteroatoms. The minimum Gasteiger partial charge on any atom is -0.382 e. The third-order valence-corrected chi connectivity index (χ3v) is 3.70. The highest BCUT2D eigenvalue weighted by molar-refractivity contribution is 4.79. The predicted molar refractivity (Wildman–Crippen MR) is 65.1 cm³/mol. The van der Waals surface area contributed by atoms with Crippen molar-refractivity contribution in [2.75, 3.05) is 19.8 Å². The Hall–Kier alpha value is -0.0800. The van der Waals surface area contributed by atoms with Gasteiger partial charge in [-0.3, -0.25) is 0 Å². The van der Waals surface area contributed by atoms with Crippen LogP contribution < -0.4 is 5.32 Å². The molecule has 0 aromatic carbocycles. The van der Waals surface area contributed by atoms with E-state index >= 15 is 0 Å². The summed E-state index contributed by atoms with van der Waals surface area (Å²) in [7, 11) is 0. The Kier molecular flexibility index (Phi) is 6.26. The van der Waals surface area contributed by atoms with Crippen molar-refractivity contribution in [2.24, 2.45) is 11.8 Å². The summed E-state index contributed by atoms with van der Waals surface area (Å²) in [5.41, 5.74) is 0. The zero-order valence-corrected chi connectivity index (χ0v) is 10.6. The summed E-state index contributed by atoms with van der Waals surface area (Å²) in [6, 6.07) is 0.762. The Labute approximate surface area is 94.8 Å². The topological polar surface area (TPSA) is 21.3 Å². The summed E-state index contributed by atoms with van der Waals surface area (Å²) in [5.74, 6) is 1.81. The van der Waals surface area contributed by atoms with Gasteiger partial charge < -0.3 is 10.1 Å². The van der Waals surface area contributed by atoms with Gasteiger partial charge in [0.25, 0.3) is 0 Å². The van der Waals surface area contributed by atoms with E-state index in [1.807, 2.05) is 0 Å². The van der Waals surface area contributed by atoms with E-state index in [4.69, 9.17) is 4.74 Å². The van der Waals surface area contributed by atoms with Crippen molar-refractivity contribution in [1.29, 1.82) is 0 Å². The molecule has 1 rings (SSSR count). The maximum absolute atomic E-state index is 5.32. The lowest BCUT2D eigenvalue weighted by atomic mass is 9.79. The highest BCUT2D eigenvalue weighted by Gasteiger charge is 2.23. The maximum Gasteiger partial charge on any atom is 0.0477 e. The molecule has 0 aromatic heterocycles. The first-order chi connectivity index (χ1) is 7.24. The summed E-state index contributed by atoms with van der Waals surface area (Å²) in [6.07, 6.45) is 5.26. The molecule has 0 aliphatic heterocycles. The second kappa shape index (κ2) is 7.24. The highest BCUT2D eigenvalue weighted by atomic mass is 16.5. The first-order valence-electron chi connectivity index (χ1n) is 6.55. The van der Waals surface area contributed by atoms with Crippen LogP contribution in [0, 0.1) is 11.8 Å². The van der Waals surface area contributed by atoms with Crippen LogP contribution in [-0.4, -0.2) is 25.8 Å². The largest absolute Gasteiger partial charge is 0.382 e. The van der Waals surface area contributed by atoms with Gasteiger partial charge in [-0.15, -0.1) is 0 Å². The van der Waals surface area contributed by atoms with Crippen LogP contribution in [0.15, 0.2) is 0 Å². The molecule has 0 aromatic rings. The number of ether oxygens (including phenoxy) is 1. The average molecular weight is 213 g/mol. The van der Waals surface area contributed by atoms with E-state index in [0.29, 0.717) is 0 Å². The van der Waals surface area contributed by atoms with Gasteiger partial charge >= 0.3 is 0 Å². The fraction of sp³-hybridized carbons (Fsp3) is 1.00. The quantitative estimate of drug-likeness (QED) is 0.685. The number of rotatable bonds is 6. The van der Waals surface area contributed by atoms with Crippen LogP contribution in [0.2, 0.25) is 0 Å². The summed E-state index contributed by atoms with van der Waals surface area (Å²) in [5, 5.41) is 3.65. The lowest BCUT2D eigenvalue weighted by molar-refractivity contribution is 0.142. The van der Waals surface area contributed by atoms with Gasteiger partial charge in [0.1, 0.15) is 0 Å². The van der Waals surface area contributed by atoms with Gasteiger partial charge in [0.05, 0.1) is 0 Å². The molecular formula is C13H27NO. The molecule has 0 saturated heterocycles. The first kappa shape index (κ1) is 13.0. The van der Waals surface area contributed by atoms with Gasteiger partial charge in [0, 0.05) is 19.3 Å².